The lowest BCUT2D eigenvalue weighted by Gasteiger charge is -2.48. The van der Waals surface area contributed by atoms with Crippen molar-refractivity contribution in [2.45, 2.75) is 134 Å². The molecule has 1 aromatic rings. The van der Waals surface area contributed by atoms with Crippen LogP contribution in [0.15, 0.2) is 43.0 Å². The number of Topliss-reactive ketones (excluding diaryl/α,β-unsaturated/α-hetero) is 2. The van der Waals surface area contributed by atoms with Crippen molar-refractivity contribution in [1.82, 2.24) is 10.2 Å². The van der Waals surface area contributed by atoms with Crippen LogP contribution in [-0.2, 0) is 38.1 Å². The normalized spacial score (nSPS) is 39.5. The minimum absolute atomic E-state index is 0.00302. The van der Waals surface area contributed by atoms with Crippen molar-refractivity contribution >= 4 is 29.6 Å². The number of nitrogens with zero attached hydrogens (tertiary/aromatic N) is 1. The second-order valence-electron chi connectivity index (χ2n) is 16.3. The van der Waals surface area contributed by atoms with Crippen LogP contribution in [0.25, 0.3) is 0 Å². The van der Waals surface area contributed by atoms with Crippen LogP contribution in [0, 0.1) is 23.7 Å². The van der Waals surface area contributed by atoms with Gasteiger partial charge in [-0.15, -0.1) is 6.58 Å². The molecule has 1 amide bonds. The zero-order valence-corrected chi connectivity index (χ0v) is 33.4. The van der Waals surface area contributed by atoms with Gasteiger partial charge in [0.15, 0.2) is 11.4 Å². The first kappa shape index (κ1) is 43.1. The number of ketones is 2. The Labute approximate surface area is 318 Å². The zero-order chi connectivity index (χ0) is 40.3. The van der Waals surface area contributed by atoms with Gasteiger partial charge in [0.2, 0.25) is 0 Å². The molecule has 1 saturated carbocycles. The quantitative estimate of drug-likeness (QED) is 0.144. The number of amides is 1. The van der Waals surface area contributed by atoms with Crippen molar-refractivity contribution in [3.8, 4) is 0 Å². The summed E-state index contributed by atoms with van der Waals surface area (Å²) in [6.07, 6.45) is -2.18. The van der Waals surface area contributed by atoms with Gasteiger partial charge in [-0.1, -0.05) is 58.9 Å². The summed E-state index contributed by atoms with van der Waals surface area (Å²) >= 11 is 0. The molecule has 13 heteroatoms. The molecule has 12 nitrogen and oxygen atoms in total. The van der Waals surface area contributed by atoms with Gasteiger partial charge in [-0.25, -0.2) is 18.8 Å². The highest BCUT2D eigenvalue weighted by Gasteiger charge is 2.59. The third-order valence-corrected chi connectivity index (χ3v) is 11.7. The summed E-state index contributed by atoms with van der Waals surface area (Å²) in [6, 6.07) is 7.35. The third-order valence-electron chi connectivity index (χ3n) is 11.7. The Morgan fingerprint density at radius 3 is 2.28 bits per heavy atom. The Kier molecular flexibility index (Phi) is 13.5. The van der Waals surface area contributed by atoms with Crippen LogP contribution < -0.4 is 5.32 Å². The van der Waals surface area contributed by atoms with Gasteiger partial charge in [-0.3, -0.25) is 9.59 Å². The maximum atomic E-state index is 16.9. The van der Waals surface area contributed by atoms with Gasteiger partial charge in [0.1, 0.15) is 18.0 Å². The molecule has 1 unspecified atom stereocenters. The van der Waals surface area contributed by atoms with Gasteiger partial charge in [0.05, 0.1) is 36.0 Å². The first-order valence-corrected chi connectivity index (χ1v) is 19.0. The number of fused-ring (bicyclic) bond motifs is 1. The second kappa shape index (κ2) is 17.0. The van der Waals surface area contributed by atoms with Crippen LogP contribution >= 0.6 is 0 Å². The molecular weight excluding hydrogens is 699 g/mol. The molecule has 2 heterocycles. The largest absolute Gasteiger partial charge is 0.455 e. The lowest BCUT2D eigenvalue weighted by molar-refractivity contribution is -0.212. The van der Waals surface area contributed by atoms with E-state index in [0.717, 1.165) is 6.92 Å². The molecule has 2 saturated heterocycles. The van der Waals surface area contributed by atoms with Crippen molar-refractivity contribution in [2.24, 2.45) is 23.7 Å². The highest BCUT2D eigenvalue weighted by molar-refractivity contribution is 6.08. The minimum atomic E-state index is -3.17. The fourth-order valence-corrected chi connectivity index (χ4v) is 8.75. The van der Waals surface area contributed by atoms with Gasteiger partial charge in [0.25, 0.3) is 5.67 Å². The number of benzene rings is 1. The first-order valence-electron chi connectivity index (χ1n) is 19.0. The average molecular weight is 759 g/mol. The van der Waals surface area contributed by atoms with Crippen LogP contribution in [0.1, 0.15) is 91.4 Å². The number of rotatable bonds is 9. The summed E-state index contributed by atoms with van der Waals surface area (Å²) in [5.74, 6) is -6.22. The number of esters is 2. The number of halogens is 1. The molecule has 1 N–H and O–H groups in total. The van der Waals surface area contributed by atoms with E-state index < -0.39 is 88.9 Å². The predicted octanol–water partition coefficient (Wildman–Crippen LogP) is 5.65. The molecule has 0 bridgehead atoms. The molecule has 13 atom stereocenters. The van der Waals surface area contributed by atoms with E-state index in [1.165, 1.54) is 19.9 Å². The van der Waals surface area contributed by atoms with Gasteiger partial charge in [-0.2, -0.15) is 0 Å². The van der Waals surface area contributed by atoms with E-state index in [1.54, 1.807) is 58.0 Å². The molecule has 1 aromatic carbocycles. The van der Waals surface area contributed by atoms with Crippen molar-refractivity contribution in [3.05, 3.63) is 48.6 Å². The summed E-state index contributed by atoms with van der Waals surface area (Å²) in [5, 5.41) is 2.71. The zero-order valence-electron chi connectivity index (χ0n) is 33.4. The molecule has 3 aliphatic rings. The van der Waals surface area contributed by atoms with Crippen LogP contribution in [-0.4, -0.2) is 109 Å². The van der Waals surface area contributed by atoms with E-state index in [0.29, 0.717) is 18.4 Å². The van der Waals surface area contributed by atoms with Crippen LogP contribution in [0.4, 0.5) is 9.18 Å². The highest BCUT2D eigenvalue weighted by atomic mass is 19.1. The van der Waals surface area contributed by atoms with Gasteiger partial charge >= 0.3 is 18.0 Å². The van der Waals surface area contributed by atoms with E-state index in [2.05, 4.69) is 18.8 Å². The molecular formula is C41H59FN2O10. The second-order valence-corrected chi connectivity index (χ2v) is 16.3. The van der Waals surface area contributed by atoms with Gasteiger partial charge in [0, 0.05) is 23.8 Å². The van der Waals surface area contributed by atoms with Gasteiger partial charge < -0.3 is 33.9 Å². The van der Waals surface area contributed by atoms with Crippen molar-refractivity contribution < 1.29 is 52.0 Å². The van der Waals surface area contributed by atoms with E-state index in [1.807, 2.05) is 19.0 Å². The van der Waals surface area contributed by atoms with Crippen molar-refractivity contribution in [1.29, 1.82) is 0 Å². The van der Waals surface area contributed by atoms with E-state index >= 15 is 4.39 Å². The minimum Gasteiger partial charge on any atom is -0.455 e. The van der Waals surface area contributed by atoms with E-state index in [4.69, 9.17) is 23.7 Å². The summed E-state index contributed by atoms with van der Waals surface area (Å²) in [6.45, 7) is 16.4. The molecule has 4 rings (SSSR count). The molecule has 2 aliphatic heterocycles. The number of cyclic esters (lactones) is 1. The van der Waals surface area contributed by atoms with Crippen LogP contribution in [0.3, 0.4) is 0 Å². The number of carbonyl (C=O) groups is 5. The number of carbonyl (C=O) groups excluding carboxylic acids is 5. The molecule has 54 heavy (non-hydrogen) atoms. The van der Waals surface area contributed by atoms with Crippen LogP contribution in [0.2, 0.25) is 0 Å². The lowest BCUT2D eigenvalue weighted by atomic mass is 9.73. The maximum Gasteiger partial charge on any atom is 0.408 e. The fraction of sp³-hybridized carbons (Fsp3) is 0.683. The van der Waals surface area contributed by atoms with Crippen molar-refractivity contribution in [3.63, 3.8) is 0 Å². The summed E-state index contributed by atoms with van der Waals surface area (Å²) in [5.41, 5.74) is -5.83. The number of alkyl carbamates (subject to hydrolysis) is 1. The van der Waals surface area contributed by atoms with Crippen LogP contribution in [0.5, 0.6) is 0 Å². The highest BCUT2D eigenvalue weighted by Crippen LogP contribution is 2.42. The maximum absolute atomic E-state index is 16.9. The molecule has 300 valence electrons. The van der Waals surface area contributed by atoms with E-state index in [-0.39, 0.29) is 37.2 Å². The molecule has 3 fully saturated rings. The van der Waals surface area contributed by atoms with E-state index in [9.17, 15) is 24.0 Å². The Morgan fingerprint density at radius 1 is 1.04 bits per heavy atom. The number of nitrogens with one attached hydrogen (secondary N) is 1. The smallest absolute Gasteiger partial charge is 0.408 e. The Hall–Kier alpha value is -3.68. The number of hydrogen-bond acceptors (Lipinski definition) is 11. The number of likely N-dealkylation sites (N-methyl/N-ethyl adjacent to an activating group) is 1. The van der Waals surface area contributed by atoms with Gasteiger partial charge in [-0.05, 0) is 78.6 Å². The number of ether oxygens (including phenoxy) is 5. The number of alkyl halides is 1. The fourth-order valence-electron chi connectivity index (χ4n) is 8.75. The summed E-state index contributed by atoms with van der Waals surface area (Å²) in [4.78, 5) is 70.7. The molecule has 0 radical (unpaired) electrons. The van der Waals surface area contributed by atoms with Crippen molar-refractivity contribution in [2.75, 3.05) is 20.7 Å². The standard InChI is InChI=1S/C41H59FN2O10/c1-12-19-50-39(7)22-24(4)31(45)25(5)33-41(9,54-38(49)43-33)30(13-2)52-37(48)40(8,42)34(46)26(6)35(39)51-29-21-23(3)20-28(44(10)11)32(29)53-36(47)27-17-15-14-16-18-27/h12,14-18,23-26,28-30,32-33,35H,1,13,19-22H2,2-11H3,(H,43,49)/t23-,24-,25+,26+,28+,29-,30-,32-,33-,35-,39+,40?,41+/m1/s1. The predicted molar refractivity (Wildman–Crippen MR) is 198 cm³/mol. The summed E-state index contributed by atoms with van der Waals surface area (Å²) in [7, 11) is 3.77. The molecule has 1 aliphatic carbocycles. The summed E-state index contributed by atoms with van der Waals surface area (Å²) < 4.78 is 47.9. The Bertz CT molecular complexity index is 1550. The Morgan fingerprint density at radius 2 is 1.69 bits per heavy atom. The Balaban J connectivity index is 1.86. The third kappa shape index (κ3) is 8.73. The molecule has 0 aromatic heterocycles. The molecule has 0 spiro atoms. The number of hydrogen-bond donors (Lipinski definition) is 1. The SMILES string of the molecule is C=CCO[C@@]1(C)C[C@@H](C)C(=O)[C@H](C)[C@H]2NC(=O)O[C@@]2(C)[C@@H](CC)OC(=O)C(C)(F)C(=O)[C@H](C)[C@H]1O[C@@H]1C[C@H](C)C[C@H](N(C)C)[C@H]1OC(=O)c1ccccc1. The lowest BCUT2D eigenvalue weighted by Crippen LogP contribution is -2.61. The topological polar surface area (TPSA) is 147 Å². The average Bonchev–Trinajstić information content (AvgIpc) is 3.44. The monoisotopic (exact) mass is 758 g/mol. The first-order chi connectivity index (χ1) is 25.2.